The van der Waals surface area contributed by atoms with Crippen LogP contribution in [0.3, 0.4) is 0 Å². The summed E-state index contributed by atoms with van der Waals surface area (Å²) in [6, 6.07) is 7.61. The van der Waals surface area contributed by atoms with Crippen LogP contribution in [0, 0.1) is 5.41 Å². The smallest absolute Gasteiger partial charge is 0.244 e. The van der Waals surface area contributed by atoms with Crippen LogP contribution in [0.25, 0.3) is 10.9 Å². The Labute approximate surface area is 145 Å². The highest BCUT2D eigenvalue weighted by molar-refractivity contribution is 6.10. The first-order valence-electron chi connectivity index (χ1n) is 8.69. The van der Waals surface area contributed by atoms with E-state index in [1.165, 1.54) is 0 Å². The molecule has 1 saturated carbocycles. The Morgan fingerprint density at radius 2 is 1.96 bits per heavy atom. The molecule has 2 aliphatic rings. The minimum Gasteiger partial charge on any atom is -0.350 e. The SMILES string of the molecule is Cn1ccc2c(NC(=O)CN3C(=O)CC4(CCCC4)C3=O)cccc21. The van der Waals surface area contributed by atoms with Crippen LogP contribution in [0.5, 0.6) is 0 Å². The zero-order valence-electron chi connectivity index (χ0n) is 14.2. The summed E-state index contributed by atoms with van der Waals surface area (Å²) in [5.41, 5.74) is 1.17. The van der Waals surface area contributed by atoms with Crippen LogP contribution in [0.2, 0.25) is 0 Å². The van der Waals surface area contributed by atoms with E-state index in [4.69, 9.17) is 0 Å². The lowest BCUT2D eigenvalue weighted by atomic mass is 9.84. The van der Waals surface area contributed by atoms with Crippen molar-refractivity contribution in [2.45, 2.75) is 32.1 Å². The van der Waals surface area contributed by atoms with Crippen molar-refractivity contribution in [3.05, 3.63) is 30.5 Å². The summed E-state index contributed by atoms with van der Waals surface area (Å²) in [6.07, 6.45) is 5.67. The molecule has 0 bridgehead atoms. The maximum atomic E-state index is 12.7. The quantitative estimate of drug-likeness (QED) is 0.873. The lowest BCUT2D eigenvalue weighted by Gasteiger charge is -2.20. The number of nitrogens with zero attached hydrogens (tertiary/aromatic N) is 2. The molecule has 1 saturated heterocycles. The summed E-state index contributed by atoms with van der Waals surface area (Å²) in [7, 11) is 1.94. The van der Waals surface area contributed by atoms with Gasteiger partial charge in [0, 0.05) is 30.6 Å². The van der Waals surface area contributed by atoms with Crippen molar-refractivity contribution < 1.29 is 14.4 Å². The van der Waals surface area contributed by atoms with E-state index in [1.54, 1.807) is 0 Å². The number of hydrogen-bond donors (Lipinski definition) is 1. The van der Waals surface area contributed by atoms with Crippen molar-refractivity contribution in [2.24, 2.45) is 12.5 Å². The monoisotopic (exact) mass is 339 g/mol. The normalized spacial score (nSPS) is 19.3. The van der Waals surface area contributed by atoms with Crippen LogP contribution in [-0.4, -0.2) is 33.7 Å². The third-order valence-electron chi connectivity index (χ3n) is 5.55. The molecule has 3 amide bonds. The number of anilines is 1. The molecule has 1 aliphatic carbocycles. The maximum absolute atomic E-state index is 12.7. The van der Waals surface area contributed by atoms with E-state index in [0.29, 0.717) is 5.69 Å². The third-order valence-corrected chi connectivity index (χ3v) is 5.55. The van der Waals surface area contributed by atoms with Crippen LogP contribution >= 0.6 is 0 Å². The Hall–Kier alpha value is -2.63. The van der Waals surface area contributed by atoms with Gasteiger partial charge in [0.2, 0.25) is 17.7 Å². The Bertz CT molecular complexity index is 877. The largest absolute Gasteiger partial charge is 0.350 e. The summed E-state index contributed by atoms with van der Waals surface area (Å²) in [6.45, 7) is -0.206. The van der Waals surface area contributed by atoms with Gasteiger partial charge in [-0.25, -0.2) is 0 Å². The number of likely N-dealkylation sites (tertiary alicyclic amines) is 1. The number of imide groups is 1. The number of carbonyl (C=O) groups excluding carboxylic acids is 3. The van der Waals surface area contributed by atoms with Crippen molar-refractivity contribution in [3.8, 4) is 0 Å². The van der Waals surface area contributed by atoms with Crippen molar-refractivity contribution in [1.29, 1.82) is 0 Å². The lowest BCUT2D eigenvalue weighted by molar-refractivity contribution is -0.143. The van der Waals surface area contributed by atoms with E-state index in [9.17, 15) is 14.4 Å². The Morgan fingerprint density at radius 3 is 2.72 bits per heavy atom. The summed E-state index contributed by atoms with van der Waals surface area (Å²) < 4.78 is 1.97. The number of aromatic nitrogens is 1. The minimum absolute atomic E-state index is 0.164. The first-order valence-corrected chi connectivity index (χ1v) is 8.69. The van der Waals surface area contributed by atoms with Gasteiger partial charge in [-0.2, -0.15) is 0 Å². The summed E-state index contributed by atoms with van der Waals surface area (Å²) in [4.78, 5) is 38.5. The van der Waals surface area contributed by atoms with Gasteiger partial charge in [-0.15, -0.1) is 0 Å². The van der Waals surface area contributed by atoms with Gasteiger partial charge in [0.15, 0.2) is 0 Å². The zero-order valence-corrected chi connectivity index (χ0v) is 14.2. The molecule has 1 spiro atoms. The summed E-state index contributed by atoms with van der Waals surface area (Å²) in [5, 5.41) is 3.78. The molecular weight excluding hydrogens is 318 g/mol. The lowest BCUT2D eigenvalue weighted by Crippen LogP contribution is -2.39. The topological polar surface area (TPSA) is 71.4 Å². The molecule has 1 aromatic heterocycles. The van der Waals surface area contributed by atoms with Gasteiger partial charge >= 0.3 is 0 Å². The fourth-order valence-corrected chi connectivity index (χ4v) is 4.21. The molecule has 1 aromatic carbocycles. The number of amides is 3. The van der Waals surface area contributed by atoms with Gasteiger partial charge < -0.3 is 9.88 Å². The average molecular weight is 339 g/mol. The molecule has 2 fully saturated rings. The predicted octanol–water partition coefficient (Wildman–Crippen LogP) is 2.44. The molecule has 4 rings (SSSR count). The molecule has 25 heavy (non-hydrogen) atoms. The highest BCUT2D eigenvalue weighted by Crippen LogP contribution is 2.46. The van der Waals surface area contributed by atoms with Crippen LogP contribution in [-0.2, 0) is 21.4 Å². The maximum Gasteiger partial charge on any atom is 0.244 e. The minimum atomic E-state index is -0.531. The van der Waals surface area contributed by atoms with Gasteiger partial charge in [-0.1, -0.05) is 18.9 Å². The van der Waals surface area contributed by atoms with Crippen molar-refractivity contribution >= 4 is 34.3 Å². The van der Waals surface area contributed by atoms with Gasteiger partial charge in [-0.3, -0.25) is 19.3 Å². The van der Waals surface area contributed by atoms with E-state index in [1.807, 2.05) is 42.1 Å². The molecule has 1 aliphatic heterocycles. The first kappa shape index (κ1) is 15.9. The molecular formula is C19H21N3O3. The van der Waals surface area contributed by atoms with Crippen molar-refractivity contribution in [1.82, 2.24) is 9.47 Å². The molecule has 2 aromatic rings. The van der Waals surface area contributed by atoms with Gasteiger partial charge in [0.1, 0.15) is 6.54 Å². The predicted molar refractivity (Wildman–Crippen MR) is 93.8 cm³/mol. The zero-order chi connectivity index (χ0) is 17.6. The number of carbonyl (C=O) groups is 3. The van der Waals surface area contributed by atoms with Gasteiger partial charge in [0.25, 0.3) is 0 Å². The number of rotatable bonds is 3. The van der Waals surface area contributed by atoms with Crippen LogP contribution in [0.1, 0.15) is 32.1 Å². The number of nitrogens with one attached hydrogen (secondary N) is 1. The number of hydrogen-bond acceptors (Lipinski definition) is 3. The second kappa shape index (κ2) is 5.72. The third kappa shape index (κ3) is 2.52. The molecule has 6 heteroatoms. The van der Waals surface area contributed by atoms with E-state index in [-0.39, 0.29) is 30.7 Å². The number of aryl methyl sites for hydroxylation is 1. The Morgan fingerprint density at radius 1 is 1.20 bits per heavy atom. The standard InChI is InChI=1S/C19H21N3O3/c1-21-10-7-13-14(5-4-6-15(13)21)20-16(23)12-22-17(24)11-19(18(22)25)8-2-3-9-19/h4-7,10H,2-3,8-9,11-12H2,1H3,(H,20,23). The Kier molecular flexibility index (Phi) is 3.63. The second-order valence-corrected chi connectivity index (χ2v) is 7.16. The summed E-state index contributed by atoms with van der Waals surface area (Å²) >= 11 is 0. The first-order chi connectivity index (χ1) is 12.0. The molecule has 0 atom stereocenters. The number of benzene rings is 1. The highest BCUT2D eigenvalue weighted by Gasteiger charge is 2.52. The number of fused-ring (bicyclic) bond motifs is 1. The molecule has 130 valence electrons. The van der Waals surface area contributed by atoms with Gasteiger partial charge in [0.05, 0.1) is 11.1 Å². The van der Waals surface area contributed by atoms with Crippen LogP contribution in [0.4, 0.5) is 5.69 Å². The molecule has 0 unspecified atom stereocenters. The second-order valence-electron chi connectivity index (χ2n) is 7.16. The van der Waals surface area contributed by atoms with E-state index >= 15 is 0 Å². The molecule has 6 nitrogen and oxygen atoms in total. The Balaban J connectivity index is 1.50. The average Bonchev–Trinajstić information content (AvgIpc) is 3.25. The fraction of sp³-hybridized carbons (Fsp3) is 0.421. The van der Waals surface area contributed by atoms with Crippen molar-refractivity contribution in [3.63, 3.8) is 0 Å². The van der Waals surface area contributed by atoms with Crippen molar-refractivity contribution in [2.75, 3.05) is 11.9 Å². The van der Waals surface area contributed by atoms with Crippen LogP contribution in [0.15, 0.2) is 30.5 Å². The van der Waals surface area contributed by atoms with E-state index < -0.39 is 5.41 Å². The highest BCUT2D eigenvalue weighted by atomic mass is 16.2. The molecule has 1 N–H and O–H groups in total. The van der Waals surface area contributed by atoms with Gasteiger partial charge in [-0.05, 0) is 31.0 Å². The fourth-order valence-electron chi connectivity index (χ4n) is 4.21. The summed E-state index contributed by atoms with van der Waals surface area (Å²) in [5.74, 6) is -0.726. The van der Waals surface area contributed by atoms with E-state index in [2.05, 4.69) is 5.32 Å². The van der Waals surface area contributed by atoms with Crippen LogP contribution < -0.4 is 5.32 Å². The molecule has 0 radical (unpaired) electrons. The van der Waals surface area contributed by atoms with E-state index in [0.717, 1.165) is 41.5 Å². The molecule has 2 heterocycles.